The van der Waals surface area contributed by atoms with Crippen molar-refractivity contribution in [2.75, 3.05) is 5.32 Å². The minimum absolute atomic E-state index is 0.133. The summed E-state index contributed by atoms with van der Waals surface area (Å²) in [5, 5.41) is 7.14. The lowest BCUT2D eigenvalue weighted by Gasteiger charge is -2.17. The quantitative estimate of drug-likeness (QED) is 0.680. The molecule has 0 unspecified atom stereocenters. The van der Waals surface area contributed by atoms with Gasteiger partial charge in [-0.05, 0) is 49.8 Å². The average Bonchev–Trinajstić information content (AvgIpc) is 2.62. The Balaban J connectivity index is 1.69. The van der Waals surface area contributed by atoms with Gasteiger partial charge in [0, 0.05) is 17.4 Å². The van der Waals surface area contributed by atoms with Gasteiger partial charge >= 0.3 is 0 Å². The molecule has 1 aromatic heterocycles. The molecule has 0 aliphatic carbocycles. The van der Waals surface area contributed by atoms with Gasteiger partial charge in [0.25, 0.3) is 0 Å². The molecular formula is C20H20N4S. The highest BCUT2D eigenvalue weighted by Crippen LogP contribution is 2.21. The summed E-state index contributed by atoms with van der Waals surface area (Å²) in [6.45, 7) is 3.97. The van der Waals surface area contributed by atoms with Gasteiger partial charge in [0.2, 0.25) is 0 Å². The van der Waals surface area contributed by atoms with Gasteiger partial charge in [0.05, 0.1) is 11.7 Å². The standard InChI is InChI=1S/C20H20N4S/c1-14(16-7-4-3-5-8-16)22-20(25)24-18-10-6-9-17(13-18)19-11-12-21-15(2)23-19/h3-14H,1-2H3,(H2,22,24,25)/t14-/m1/s1. The molecule has 0 fully saturated rings. The Labute approximate surface area is 153 Å². The maximum absolute atomic E-state index is 5.45. The normalized spacial score (nSPS) is 11.6. The maximum atomic E-state index is 5.45. The van der Waals surface area contributed by atoms with Crippen LogP contribution in [0.5, 0.6) is 0 Å². The molecule has 2 N–H and O–H groups in total. The van der Waals surface area contributed by atoms with E-state index in [1.807, 2.05) is 55.5 Å². The van der Waals surface area contributed by atoms with Gasteiger partial charge in [-0.2, -0.15) is 0 Å². The van der Waals surface area contributed by atoms with Crippen LogP contribution in [0.2, 0.25) is 0 Å². The Morgan fingerprint density at radius 1 is 1.04 bits per heavy atom. The first-order valence-electron chi connectivity index (χ1n) is 8.14. The second kappa shape index (κ2) is 7.85. The topological polar surface area (TPSA) is 49.8 Å². The van der Waals surface area contributed by atoms with E-state index < -0.39 is 0 Å². The van der Waals surface area contributed by atoms with Gasteiger partial charge in [0.1, 0.15) is 5.82 Å². The zero-order chi connectivity index (χ0) is 17.6. The van der Waals surface area contributed by atoms with E-state index in [1.165, 1.54) is 5.56 Å². The van der Waals surface area contributed by atoms with Gasteiger partial charge in [0.15, 0.2) is 5.11 Å². The monoisotopic (exact) mass is 348 g/mol. The third-order valence-corrected chi connectivity index (χ3v) is 4.06. The minimum atomic E-state index is 0.133. The van der Waals surface area contributed by atoms with Gasteiger partial charge in [-0.25, -0.2) is 9.97 Å². The van der Waals surface area contributed by atoms with Crippen molar-refractivity contribution in [1.29, 1.82) is 0 Å². The molecule has 0 saturated carbocycles. The van der Waals surface area contributed by atoms with Crippen LogP contribution in [-0.2, 0) is 0 Å². The van der Waals surface area contributed by atoms with E-state index in [4.69, 9.17) is 12.2 Å². The number of aromatic nitrogens is 2. The first kappa shape index (κ1) is 17.0. The fraction of sp³-hybridized carbons (Fsp3) is 0.150. The van der Waals surface area contributed by atoms with Gasteiger partial charge in [-0.3, -0.25) is 0 Å². The largest absolute Gasteiger partial charge is 0.356 e. The summed E-state index contributed by atoms with van der Waals surface area (Å²) in [7, 11) is 0. The van der Waals surface area contributed by atoms with E-state index in [9.17, 15) is 0 Å². The Bertz CT molecular complexity index is 864. The Morgan fingerprint density at radius 2 is 1.84 bits per heavy atom. The molecule has 0 aliphatic heterocycles. The van der Waals surface area contributed by atoms with Crippen LogP contribution < -0.4 is 10.6 Å². The lowest BCUT2D eigenvalue weighted by molar-refractivity contribution is 0.722. The zero-order valence-electron chi connectivity index (χ0n) is 14.2. The van der Waals surface area contributed by atoms with E-state index in [0.29, 0.717) is 5.11 Å². The molecule has 3 aromatic rings. The SMILES string of the molecule is Cc1nccc(-c2cccc(NC(=S)N[C@H](C)c3ccccc3)c2)n1. The van der Waals surface area contributed by atoms with Crippen LogP contribution in [0.15, 0.2) is 66.9 Å². The summed E-state index contributed by atoms with van der Waals surface area (Å²) in [6, 6.07) is 20.3. The first-order valence-corrected chi connectivity index (χ1v) is 8.55. The number of nitrogens with zero attached hydrogens (tertiary/aromatic N) is 2. The molecule has 1 atom stereocenters. The highest BCUT2D eigenvalue weighted by Gasteiger charge is 2.07. The highest BCUT2D eigenvalue weighted by molar-refractivity contribution is 7.80. The van der Waals surface area contributed by atoms with E-state index in [1.54, 1.807) is 6.20 Å². The van der Waals surface area contributed by atoms with E-state index in [-0.39, 0.29) is 6.04 Å². The van der Waals surface area contributed by atoms with E-state index in [2.05, 4.69) is 39.7 Å². The number of thiocarbonyl (C=S) groups is 1. The minimum Gasteiger partial charge on any atom is -0.356 e. The molecule has 126 valence electrons. The molecule has 4 nitrogen and oxygen atoms in total. The zero-order valence-corrected chi connectivity index (χ0v) is 15.0. The van der Waals surface area contributed by atoms with Crippen molar-refractivity contribution in [3.8, 4) is 11.3 Å². The third-order valence-electron chi connectivity index (χ3n) is 3.84. The smallest absolute Gasteiger partial charge is 0.171 e. The molecule has 0 radical (unpaired) electrons. The van der Waals surface area contributed by atoms with Crippen molar-refractivity contribution < 1.29 is 0 Å². The van der Waals surface area contributed by atoms with Crippen LogP contribution in [0.3, 0.4) is 0 Å². The molecule has 0 spiro atoms. The number of anilines is 1. The number of benzene rings is 2. The maximum Gasteiger partial charge on any atom is 0.171 e. The Kier molecular flexibility index (Phi) is 5.36. The van der Waals surface area contributed by atoms with Crippen LogP contribution in [0, 0.1) is 6.92 Å². The van der Waals surface area contributed by atoms with Crippen molar-refractivity contribution in [2.24, 2.45) is 0 Å². The molecule has 2 aromatic carbocycles. The number of hydrogen-bond acceptors (Lipinski definition) is 3. The summed E-state index contributed by atoms with van der Waals surface area (Å²) in [5.74, 6) is 0.754. The Hall–Kier alpha value is -2.79. The van der Waals surface area contributed by atoms with Gasteiger partial charge in [-0.15, -0.1) is 0 Å². The fourth-order valence-electron chi connectivity index (χ4n) is 2.56. The van der Waals surface area contributed by atoms with Gasteiger partial charge < -0.3 is 10.6 Å². The fourth-order valence-corrected chi connectivity index (χ4v) is 2.86. The summed E-state index contributed by atoms with van der Waals surface area (Å²) >= 11 is 5.45. The highest BCUT2D eigenvalue weighted by atomic mass is 32.1. The van der Waals surface area contributed by atoms with E-state index in [0.717, 1.165) is 22.8 Å². The summed E-state index contributed by atoms with van der Waals surface area (Å²) < 4.78 is 0. The summed E-state index contributed by atoms with van der Waals surface area (Å²) in [6.07, 6.45) is 1.77. The molecule has 5 heteroatoms. The number of nitrogens with one attached hydrogen (secondary N) is 2. The molecule has 0 bridgehead atoms. The molecule has 25 heavy (non-hydrogen) atoms. The molecule has 0 amide bonds. The molecule has 3 rings (SSSR count). The molecule has 0 saturated heterocycles. The van der Waals surface area contributed by atoms with Crippen LogP contribution in [0.4, 0.5) is 5.69 Å². The number of rotatable bonds is 4. The lowest BCUT2D eigenvalue weighted by Crippen LogP contribution is -2.30. The van der Waals surface area contributed by atoms with Crippen molar-refractivity contribution in [1.82, 2.24) is 15.3 Å². The van der Waals surface area contributed by atoms with E-state index >= 15 is 0 Å². The molecule has 1 heterocycles. The first-order chi connectivity index (χ1) is 12.1. The third kappa shape index (κ3) is 4.61. The number of aryl methyl sites for hydroxylation is 1. The van der Waals surface area contributed by atoms with Crippen molar-refractivity contribution in [3.05, 3.63) is 78.2 Å². The predicted molar refractivity (Wildman–Crippen MR) is 106 cm³/mol. The van der Waals surface area contributed by atoms with Gasteiger partial charge in [-0.1, -0.05) is 42.5 Å². The summed E-state index contributed by atoms with van der Waals surface area (Å²) in [5.41, 5.74) is 4.03. The average molecular weight is 348 g/mol. The lowest BCUT2D eigenvalue weighted by atomic mass is 10.1. The van der Waals surface area contributed by atoms with Crippen LogP contribution in [0.1, 0.15) is 24.4 Å². The van der Waals surface area contributed by atoms with Crippen LogP contribution in [-0.4, -0.2) is 15.1 Å². The van der Waals surface area contributed by atoms with Crippen LogP contribution in [0.25, 0.3) is 11.3 Å². The Morgan fingerprint density at radius 3 is 2.60 bits per heavy atom. The summed E-state index contributed by atoms with van der Waals surface area (Å²) in [4.78, 5) is 8.60. The second-order valence-electron chi connectivity index (χ2n) is 5.80. The predicted octanol–water partition coefficient (Wildman–Crippen LogP) is 4.50. The van der Waals surface area contributed by atoms with Crippen molar-refractivity contribution in [2.45, 2.75) is 19.9 Å². The van der Waals surface area contributed by atoms with Crippen molar-refractivity contribution in [3.63, 3.8) is 0 Å². The van der Waals surface area contributed by atoms with Crippen LogP contribution >= 0.6 is 12.2 Å². The van der Waals surface area contributed by atoms with Crippen molar-refractivity contribution >= 4 is 23.0 Å². The number of hydrogen-bond donors (Lipinski definition) is 2. The second-order valence-corrected chi connectivity index (χ2v) is 6.21. The molecule has 0 aliphatic rings. The molecular weight excluding hydrogens is 328 g/mol.